The highest BCUT2D eigenvalue weighted by atomic mass is 15.3. The number of rotatable bonds is 61. The minimum absolute atomic E-state index is 1.37. The van der Waals surface area contributed by atoms with Gasteiger partial charge in [-0.1, -0.05) is 342 Å². The Morgan fingerprint density at radius 3 is 0.318 bits per heavy atom. The van der Waals surface area contributed by atoms with Crippen molar-refractivity contribution in [2.24, 2.45) is 0 Å². The van der Waals surface area contributed by atoms with Crippen molar-refractivity contribution in [2.75, 3.05) is 26.2 Å². The van der Waals surface area contributed by atoms with Crippen LogP contribution in [-0.4, -0.2) is 30.7 Å². The molecule has 0 aromatic heterocycles. The highest BCUT2D eigenvalue weighted by molar-refractivity contribution is 4.58. The van der Waals surface area contributed by atoms with E-state index in [4.69, 9.17) is 0 Å². The van der Waals surface area contributed by atoms with Crippen LogP contribution in [0.2, 0.25) is 0 Å². The van der Waals surface area contributed by atoms with Gasteiger partial charge in [0.05, 0.1) is 26.2 Å². The minimum atomic E-state index is 1.37. The maximum Gasteiger partial charge on any atom is 0.0786 e. The van der Waals surface area contributed by atoms with Crippen LogP contribution in [0.25, 0.3) is 0 Å². The summed E-state index contributed by atoms with van der Waals surface area (Å²) in [7, 11) is 0. The van der Waals surface area contributed by atoms with E-state index in [1.807, 2.05) is 0 Å². The van der Waals surface area contributed by atoms with Crippen LogP contribution in [-0.2, 0) is 0 Å². The molecule has 0 amide bonds. The molecule has 0 unspecified atom stereocenters. The maximum atomic E-state index is 2.35. The third kappa shape index (κ3) is 53.3. The van der Waals surface area contributed by atoms with E-state index in [-0.39, 0.29) is 0 Å². The maximum absolute atomic E-state index is 2.35. The van der Waals surface area contributed by atoms with E-state index >= 15 is 0 Å². The first-order valence-corrected chi connectivity index (χ1v) is 32.6. The number of hydrogen-bond acceptors (Lipinski definition) is 0. The summed E-state index contributed by atoms with van der Waals surface area (Å²) in [4.78, 5) is 0. The monoisotopic (exact) mass is 929 g/mol. The average molecular weight is 930 g/mol. The molecule has 0 fully saturated rings. The van der Waals surface area contributed by atoms with Gasteiger partial charge in [0, 0.05) is 0 Å². The van der Waals surface area contributed by atoms with Gasteiger partial charge in [-0.3, -0.25) is 0 Å². The molecule has 0 radical (unpaired) electrons. The normalized spacial score (nSPS) is 12.0. The van der Waals surface area contributed by atoms with E-state index in [9.17, 15) is 0 Å². The summed E-state index contributed by atoms with van der Waals surface area (Å²) >= 11 is 0. The Balaban J connectivity index is 4.83. The lowest BCUT2D eigenvalue weighted by molar-refractivity contribution is -0.929. The van der Waals surface area contributed by atoms with Crippen molar-refractivity contribution in [1.82, 2.24) is 0 Å². The molecule has 0 N–H and O–H groups in total. The van der Waals surface area contributed by atoms with Crippen LogP contribution in [0, 0.1) is 0 Å². The van der Waals surface area contributed by atoms with Crippen molar-refractivity contribution in [3.63, 3.8) is 0 Å². The number of unbranched alkanes of at least 4 members (excludes halogenated alkanes) is 53. The summed E-state index contributed by atoms with van der Waals surface area (Å²) in [5, 5.41) is 0. The fourth-order valence-corrected chi connectivity index (χ4v) is 11.4. The van der Waals surface area contributed by atoms with E-state index in [2.05, 4.69) is 27.7 Å². The Hall–Kier alpha value is -0.0400. The molecule has 1 nitrogen and oxygen atoms in total. The molecule has 66 heavy (non-hydrogen) atoms. The fraction of sp³-hybridized carbons (Fsp3) is 1.00. The second-order valence-electron chi connectivity index (χ2n) is 23.0. The Kier molecular flexibility index (Phi) is 59.2. The van der Waals surface area contributed by atoms with Crippen LogP contribution in [0.5, 0.6) is 0 Å². The van der Waals surface area contributed by atoms with Gasteiger partial charge < -0.3 is 4.48 Å². The number of hydrogen-bond donors (Lipinski definition) is 0. The SMILES string of the molecule is CCCCCCCCCCCCCCCCCC[N+](CCCCCCCCCCC)(CCCCCCCCCCCCCCCCCC)CCCCCCCCCCCCCCCCCC. The van der Waals surface area contributed by atoms with E-state index in [0.29, 0.717) is 0 Å². The van der Waals surface area contributed by atoms with Gasteiger partial charge in [-0.25, -0.2) is 0 Å². The lowest BCUT2D eigenvalue weighted by Crippen LogP contribution is -2.50. The molecule has 0 spiro atoms. The molecular weight excluding hydrogens is 795 g/mol. The number of quaternary nitrogens is 1. The molecule has 0 saturated carbocycles. The molecule has 0 aromatic rings. The molecule has 0 saturated heterocycles. The van der Waals surface area contributed by atoms with Crippen molar-refractivity contribution in [1.29, 1.82) is 0 Å². The van der Waals surface area contributed by atoms with Crippen LogP contribution in [0.15, 0.2) is 0 Å². The first kappa shape index (κ1) is 66.0. The predicted octanol–water partition coefficient (Wildman–Crippen LogP) is 24.1. The van der Waals surface area contributed by atoms with Crippen LogP contribution in [0.4, 0.5) is 0 Å². The van der Waals surface area contributed by atoms with E-state index in [1.54, 1.807) is 0 Å². The Morgan fingerprint density at radius 1 is 0.121 bits per heavy atom. The van der Waals surface area contributed by atoms with E-state index < -0.39 is 0 Å². The van der Waals surface area contributed by atoms with Gasteiger partial charge in [-0.2, -0.15) is 0 Å². The lowest BCUT2D eigenvalue weighted by Gasteiger charge is -2.40. The third-order valence-corrected chi connectivity index (χ3v) is 16.2. The smallest absolute Gasteiger partial charge is 0.0786 e. The molecular formula is C65H134N+. The number of nitrogens with zero attached hydrogens (tertiary/aromatic N) is 1. The van der Waals surface area contributed by atoms with Gasteiger partial charge in [0.15, 0.2) is 0 Å². The molecule has 0 aliphatic carbocycles. The van der Waals surface area contributed by atoms with Crippen molar-refractivity contribution in [3.05, 3.63) is 0 Å². The van der Waals surface area contributed by atoms with Crippen molar-refractivity contribution < 1.29 is 4.48 Å². The van der Waals surface area contributed by atoms with Crippen LogP contribution in [0.3, 0.4) is 0 Å². The van der Waals surface area contributed by atoms with Gasteiger partial charge in [0.2, 0.25) is 0 Å². The molecule has 0 rings (SSSR count). The highest BCUT2D eigenvalue weighted by Crippen LogP contribution is 2.23. The summed E-state index contributed by atoms with van der Waals surface area (Å²) in [6, 6.07) is 0. The topological polar surface area (TPSA) is 0 Å². The van der Waals surface area contributed by atoms with Gasteiger partial charge in [0.1, 0.15) is 0 Å². The minimum Gasteiger partial charge on any atom is -0.324 e. The zero-order valence-electron chi connectivity index (χ0n) is 47.6. The summed E-state index contributed by atoms with van der Waals surface area (Å²) in [6.07, 6.45) is 84.2. The van der Waals surface area contributed by atoms with Crippen molar-refractivity contribution in [3.8, 4) is 0 Å². The van der Waals surface area contributed by atoms with Gasteiger partial charge in [-0.05, 0) is 51.4 Å². The van der Waals surface area contributed by atoms with Crippen LogP contribution >= 0.6 is 0 Å². The zero-order chi connectivity index (χ0) is 47.6. The summed E-state index contributed by atoms with van der Waals surface area (Å²) < 4.78 is 1.49. The van der Waals surface area contributed by atoms with Gasteiger partial charge in [0.25, 0.3) is 0 Å². The molecule has 0 aromatic carbocycles. The average Bonchev–Trinajstić information content (AvgIpc) is 3.33. The molecule has 0 bridgehead atoms. The summed E-state index contributed by atoms with van der Waals surface area (Å²) in [6.45, 7) is 15.3. The summed E-state index contributed by atoms with van der Waals surface area (Å²) in [5.41, 5.74) is 0. The third-order valence-electron chi connectivity index (χ3n) is 16.2. The second-order valence-corrected chi connectivity index (χ2v) is 23.0. The predicted molar refractivity (Wildman–Crippen MR) is 306 cm³/mol. The molecule has 0 atom stereocenters. The second kappa shape index (κ2) is 59.3. The molecule has 0 heterocycles. The Morgan fingerprint density at radius 2 is 0.212 bits per heavy atom. The Bertz CT molecular complexity index is 730. The molecule has 1 heteroatoms. The first-order valence-electron chi connectivity index (χ1n) is 32.6. The largest absolute Gasteiger partial charge is 0.324 e. The highest BCUT2D eigenvalue weighted by Gasteiger charge is 2.26. The Labute approximate surface area is 422 Å². The zero-order valence-corrected chi connectivity index (χ0v) is 47.6. The quantitative estimate of drug-likeness (QED) is 0.0421. The standard InChI is InChI=1S/C65H134N/c1-5-9-13-17-21-25-28-31-34-37-40-43-47-51-55-59-63-66(62-58-54-50-46-24-20-16-12-8-4,64-60-56-52-48-44-41-38-35-32-29-26-22-18-14-10-6-2)65-61-57-53-49-45-42-39-36-33-30-27-23-19-15-11-7-3/h5-65H2,1-4H3/q+1. The molecule has 0 aliphatic rings. The summed E-state index contributed by atoms with van der Waals surface area (Å²) in [5.74, 6) is 0. The fourth-order valence-electron chi connectivity index (χ4n) is 11.4. The van der Waals surface area contributed by atoms with Crippen molar-refractivity contribution in [2.45, 2.75) is 394 Å². The molecule has 0 aliphatic heterocycles. The van der Waals surface area contributed by atoms with Crippen molar-refractivity contribution >= 4 is 0 Å². The van der Waals surface area contributed by atoms with E-state index in [1.165, 1.54) is 397 Å². The van der Waals surface area contributed by atoms with E-state index in [0.717, 1.165) is 0 Å². The van der Waals surface area contributed by atoms with Crippen LogP contribution in [0.1, 0.15) is 394 Å². The van der Waals surface area contributed by atoms with Gasteiger partial charge >= 0.3 is 0 Å². The lowest BCUT2D eigenvalue weighted by atomic mass is 10.0. The molecule has 398 valence electrons. The first-order chi connectivity index (χ1) is 32.7. The van der Waals surface area contributed by atoms with Crippen LogP contribution < -0.4 is 0 Å². The van der Waals surface area contributed by atoms with Gasteiger partial charge in [-0.15, -0.1) is 0 Å².